The molecule has 2 aromatic heterocycles. The number of imidazole rings is 1. The molecule has 0 bridgehead atoms. The number of aromatic nitrogens is 4. The van der Waals surface area contributed by atoms with E-state index in [1.54, 1.807) is 12.3 Å². The molecule has 0 saturated heterocycles. The van der Waals surface area contributed by atoms with E-state index in [-0.39, 0.29) is 5.69 Å². The van der Waals surface area contributed by atoms with Crippen LogP contribution in [-0.2, 0) is 0 Å². The molecule has 0 amide bonds. The monoisotopic (exact) mass is 190 g/mol. The van der Waals surface area contributed by atoms with Crippen molar-refractivity contribution in [1.29, 1.82) is 0 Å². The largest absolute Gasteiger partial charge is 0.476 e. The second kappa shape index (κ2) is 3.25. The average molecular weight is 190 g/mol. The number of hydrogen-bond acceptors (Lipinski definition) is 4. The van der Waals surface area contributed by atoms with E-state index < -0.39 is 5.97 Å². The summed E-state index contributed by atoms with van der Waals surface area (Å²) in [5, 5.41) is 8.64. The van der Waals surface area contributed by atoms with Crippen molar-refractivity contribution in [3.8, 4) is 5.82 Å². The lowest BCUT2D eigenvalue weighted by Crippen LogP contribution is -1.96. The Labute approximate surface area is 78.9 Å². The van der Waals surface area contributed by atoms with E-state index >= 15 is 0 Å². The number of nitrogens with zero attached hydrogens (tertiary/aromatic N) is 4. The molecule has 6 nitrogen and oxygen atoms in total. The summed E-state index contributed by atoms with van der Waals surface area (Å²) in [5.41, 5.74) is -0.0105. The van der Waals surface area contributed by atoms with Gasteiger partial charge in [-0.25, -0.2) is 19.7 Å². The molecule has 2 rings (SSSR count). The highest BCUT2D eigenvalue weighted by atomic mass is 16.4. The van der Waals surface area contributed by atoms with E-state index in [2.05, 4.69) is 15.0 Å². The minimum atomic E-state index is -1.06. The molecule has 70 valence electrons. The van der Waals surface area contributed by atoms with Crippen molar-refractivity contribution in [2.24, 2.45) is 0 Å². The molecule has 2 heterocycles. The first-order valence-corrected chi connectivity index (χ1v) is 3.81. The Bertz CT molecular complexity index is 451. The van der Waals surface area contributed by atoms with Crippen LogP contribution in [0.5, 0.6) is 0 Å². The van der Waals surface area contributed by atoms with Gasteiger partial charge in [0.25, 0.3) is 0 Å². The molecule has 0 saturated carbocycles. The highest BCUT2D eigenvalue weighted by Gasteiger charge is 2.07. The fourth-order valence-electron chi connectivity index (χ4n) is 0.995. The second-order valence-electron chi connectivity index (χ2n) is 2.54. The number of rotatable bonds is 2. The van der Waals surface area contributed by atoms with Gasteiger partial charge in [-0.3, -0.25) is 4.57 Å². The molecule has 2 aromatic rings. The van der Waals surface area contributed by atoms with Gasteiger partial charge in [-0.1, -0.05) is 0 Å². The maximum atomic E-state index is 10.5. The van der Waals surface area contributed by atoms with Crippen LogP contribution in [0.1, 0.15) is 10.5 Å². The van der Waals surface area contributed by atoms with E-state index in [1.807, 2.05) is 0 Å². The first-order valence-electron chi connectivity index (χ1n) is 3.81. The quantitative estimate of drug-likeness (QED) is 0.739. The van der Waals surface area contributed by atoms with E-state index in [0.717, 1.165) is 0 Å². The summed E-state index contributed by atoms with van der Waals surface area (Å²) in [6.45, 7) is 0. The molecule has 14 heavy (non-hydrogen) atoms. The number of carboxylic acids is 1. The Morgan fingerprint density at radius 2 is 2.29 bits per heavy atom. The third-order valence-electron chi connectivity index (χ3n) is 1.63. The van der Waals surface area contributed by atoms with Gasteiger partial charge in [0, 0.05) is 12.4 Å². The molecule has 1 N–H and O–H groups in total. The predicted octanol–water partition coefficient (Wildman–Crippen LogP) is 0.360. The molecule has 0 spiro atoms. The minimum absolute atomic E-state index is 0.0105. The lowest BCUT2D eigenvalue weighted by Gasteiger charge is -1.96. The summed E-state index contributed by atoms with van der Waals surface area (Å²) in [4.78, 5) is 21.9. The SMILES string of the molecule is O=C(O)c1cn(-c2ccncn2)cn1. The highest BCUT2D eigenvalue weighted by Crippen LogP contribution is 2.03. The maximum absolute atomic E-state index is 10.5. The molecular formula is C8H6N4O2. The van der Waals surface area contributed by atoms with Gasteiger partial charge in [-0.05, 0) is 6.07 Å². The molecule has 0 aromatic carbocycles. The smallest absolute Gasteiger partial charge is 0.356 e. The standard InChI is InChI=1S/C8H6N4O2/c13-8(14)6-3-12(5-11-6)7-1-2-9-4-10-7/h1-5H,(H,13,14). The van der Waals surface area contributed by atoms with E-state index in [1.165, 1.54) is 23.4 Å². The van der Waals surface area contributed by atoms with Gasteiger partial charge in [0.15, 0.2) is 5.69 Å². The molecule has 0 aliphatic carbocycles. The van der Waals surface area contributed by atoms with Crippen molar-refractivity contribution in [1.82, 2.24) is 19.5 Å². The molecule has 0 fully saturated rings. The highest BCUT2D eigenvalue weighted by molar-refractivity contribution is 5.85. The van der Waals surface area contributed by atoms with Gasteiger partial charge < -0.3 is 5.11 Å². The van der Waals surface area contributed by atoms with Gasteiger partial charge >= 0.3 is 5.97 Å². The third-order valence-corrected chi connectivity index (χ3v) is 1.63. The van der Waals surface area contributed by atoms with Crippen LogP contribution in [0.15, 0.2) is 31.1 Å². The molecular weight excluding hydrogens is 184 g/mol. The summed E-state index contributed by atoms with van der Waals surface area (Å²) in [6, 6.07) is 1.66. The third kappa shape index (κ3) is 1.45. The summed E-state index contributed by atoms with van der Waals surface area (Å²) < 4.78 is 1.52. The Morgan fingerprint density at radius 1 is 1.43 bits per heavy atom. The summed E-state index contributed by atoms with van der Waals surface area (Å²) in [7, 11) is 0. The maximum Gasteiger partial charge on any atom is 0.356 e. The van der Waals surface area contributed by atoms with Crippen LogP contribution < -0.4 is 0 Å². The first-order chi connectivity index (χ1) is 6.77. The summed E-state index contributed by atoms with van der Waals surface area (Å²) >= 11 is 0. The zero-order chi connectivity index (χ0) is 9.97. The minimum Gasteiger partial charge on any atom is -0.476 e. The molecule has 6 heteroatoms. The van der Waals surface area contributed by atoms with Crippen molar-refractivity contribution >= 4 is 5.97 Å². The molecule has 0 aliphatic rings. The van der Waals surface area contributed by atoms with E-state index in [0.29, 0.717) is 5.82 Å². The normalized spacial score (nSPS) is 10.0. The zero-order valence-electron chi connectivity index (χ0n) is 7.03. The van der Waals surface area contributed by atoms with Crippen LogP contribution in [0.3, 0.4) is 0 Å². The van der Waals surface area contributed by atoms with Crippen molar-refractivity contribution in [3.63, 3.8) is 0 Å². The van der Waals surface area contributed by atoms with Crippen LogP contribution >= 0.6 is 0 Å². The Kier molecular flexibility index (Phi) is 1.94. The molecule has 0 aliphatic heterocycles. The van der Waals surface area contributed by atoms with Crippen molar-refractivity contribution in [3.05, 3.63) is 36.8 Å². The fraction of sp³-hybridized carbons (Fsp3) is 0. The average Bonchev–Trinajstić information content (AvgIpc) is 2.68. The first kappa shape index (κ1) is 8.36. The zero-order valence-corrected chi connectivity index (χ0v) is 7.03. The summed E-state index contributed by atoms with van der Waals surface area (Å²) in [6.07, 6.45) is 5.75. The summed E-state index contributed by atoms with van der Waals surface area (Å²) in [5.74, 6) is -0.474. The lowest BCUT2D eigenvalue weighted by molar-refractivity contribution is 0.0691. The van der Waals surface area contributed by atoms with Crippen LogP contribution in [0.4, 0.5) is 0 Å². The number of hydrogen-bond donors (Lipinski definition) is 1. The van der Waals surface area contributed by atoms with Crippen molar-refractivity contribution in [2.45, 2.75) is 0 Å². The van der Waals surface area contributed by atoms with E-state index in [9.17, 15) is 4.79 Å². The van der Waals surface area contributed by atoms with E-state index in [4.69, 9.17) is 5.11 Å². The van der Waals surface area contributed by atoms with Crippen molar-refractivity contribution in [2.75, 3.05) is 0 Å². The lowest BCUT2D eigenvalue weighted by atomic mass is 10.5. The van der Waals surface area contributed by atoms with Gasteiger partial charge in [0.1, 0.15) is 18.5 Å². The predicted molar refractivity (Wildman–Crippen MR) is 46.1 cm³/mol. The molecule has 0 atom stereocenters. The van der Waals surface area contributed by atoms with Gasteiger partial charge in [0.05, 0.1) is 0 Å². The van der Waals surface area contributed by atoms with Gasteiger partial charge in [-0.2, -0.15) is 0 Å². The van der Waals surface area contributed by atoms with Crippen LogP contribution in [0.25, 0.3) is 5.82 Å². The van der Waals surface area contributed by atoms with Gasteiger partial charge in [0.2, 0.25) is 0 Å². The number of carboxylic acid groups (broad SMARTS) is 1. The van der Waals surface area contributed by atoms with Crippen LogP contribution in [0.2, 0.25) is 0 Å². The number of aromatic carboxylic acids is 1. The number of carbonyl (C=O) groups is 1. The fourth-order valence-corrected chi connectivity index (χ4v) is 0.995. The van der Waals surface area contributed by atoms with Crippen molar-refractivity contribution < 1.29 is 9.90 Å². The van der Waals surface area contributed by atoms with Gasteiger partial charge in [-0.15, -0.1) is 0 Å². The molecule has 0 radical (unpaired) electrons. The Hall–Kier alpha value is -2.24. The Morgan fingerprint density at radius 3 is 2.86 bits per heavy atom. The topological polar surface area (TPSA) is 80.9 Å². The Balaban J connectivity index is 2.39. The molecule has 0 unspecified atom stereocenters. The second-order valence-corrected chi connectivity index (χ2v) is 2.54. The van der Waals surface area contributed by atoms with Crippen LogP contribution in [-0.4, -0.2) is 30.6 Å². The van der Waals surface area contributed by atoms with Crippen LogP contribution in [0, 0.1) is 0 Å².